The van der Waals surface area contributed by atoms with Gasteiger partial charge in [-0.25, -0.2) is 9.78 Å². The molecule has 0 amide bonds. The van der Waals surface area contributed by atoms with Gasteiger partial charge in [-0.3, -0.25) is 0 Å². The van der Waals surface area contributed by atoms with Gasteiger partial charge >= 0.3 is 5.97 Å². The summed E-state index contributed by atoms with van der Waals surface area (Å²) in [5, 5.41) is 9.78. The van der Waals surface area contributed by atoms with E-state index in [1.54, 1.807) is 12.1 Å². The maximum atomic E-state index is 11.5. The Morgan fingerprint density at radius 2 is 1.88 bits per heavy atom. The summed E-state index contributed by atoms with van der Waals surface area (Å²) in [7, 11) is 0. The van der Waals surface area contributed by atoms with E-state index in [-0.39, 0.29) is 4.91 Å². The van der Waals surface area contributed by atoms with Gasteiger partial charge in [-0.2, -0.15) is 0 Å². The van der Waals surface area contributed by atoms with Crippen LogP contribution in [0.15, 0.2) is 63.1 Å². The topological polar surface area (TPSA) is 63.3 Å². The van der Waals surface area contributed by atoms with Crippen molar-refractivity contribution in [2.75, 3.05) is 0 Å². The molecule has 3 aromatic rings. The van der Waals surface area contributed by atoms with Gasteiger partial charge in [0.15, 0.2) is 5.58 Å². The van der Waals surface area contributed by atoms with Crippen molar-refractivity contribution in [1.29, 1.82) is 0 Å². The molecule has 0 radical (unpaired) electrons. The number of thioether (sulfide) groups is 1. The van der Waals surface area contributed by atoms with E-state index >= 15 is 0 Å². The molecule has 1 aromatic heterocycles. The Bertz CT molecular complexity index is 861. The van der Waals surface area contributed by atoms with Crippen LogP contribution in [0.25, 0.3) is 17.2 Å². The van der Waals surface area contributed by atoms with E-state index < -0.39 is 5.97 Å². The average Bonchev–Trinajstić information content (AvgIpc) is 2.97. The summed E-state index contributed by atoms with van der Waals surface area (Å²) < 4.78 is 5.58. The summed E-state index contributed by atoms with van der Waals surface area (Å²) >= 11 is 1.01. The molecule has 3 rings (SSSR count). The summed E-state index contributed by atoms with van der Waals surface area (Å²) in [4.78, 5) is 16.0. The molecule has 1 N–H and O–H groups in total. The molecule has 0 aliphatic rings. The summed E-state index contributed by atoms with van der Waals surface area (Å²) in [5.41, 5.74) is 3.41. The molecule has 0 spiro atoms. The van der Waals surface area contributed by atoms with Crippen LogP contribution in [0.5, 0.6) is 0 Å². The smallest absolute Gasteiger partial charge is 0.342 e. The molecule has 0 saturated carbocycles. The fraction of sp³-hybridized carbons (Fsp3) is 0.158. The molecule has 2 aromatic carbocycles. The number of fused-ring (bicyclic) bond motifs is 1. The number of hydrogen-bond donors (Lipinski definition) is 1. The second-order valence-corrected chi connectivity index (χ2v) is 6.68. The number of benzene rings is 2. The first kappa shape index (κ1) is 16.3. The lowest BCUT2D eigenvalue weighted by Gasteiger charge is -2.05. The Kier molecular flexibility index (Phi) is 4.71. The lowest BCUT2D eigenvalue weighted by atomic mass is 10.0. The first-order chi connectivity index (χ1) is 11.5. The highest BCUT2D eigenvalue weighted by Gasteiger charge is 2.14. The molecule has 0 fully saturated rings. The Hall–Kier alpha value is -2.53. The van der Waals surface area contributed by atoms with Crippen molar-refractivity contribution in [2.45, 2.75) is 25.0 Å². The monoisotopic (exact) mass is 339 g/mol. The summed E-state index contributed by atoms with van der Waals surface area (Å²) in [6.45, 7) is 4.24. The van der Waals surface area contributed by atoms with E-state index in [4.69, 9.17) is 4.42 Å². The number of aromatic nitrogens is 1. The largest absolute Gasteiger partial charge is 0.477 e. The molecule has 4 nitrogen and oxygen atoms in total. The molecule has 122 valence electrons. The van der Waals surface area contributed by atoms with E-state index in [0.29, 0.717) is 22.2 Å². The highest BCUT2D eigenvalue weighted by atomic mass is 32.2. The lowest BCUT2D eigenvalue weighted by molar-refractivity contribution is -0.131. The zero-order valence-corrected chi connectivity index (χ0v) is 14.2. The Morgan fingerprint density at radius 1 is 1.17 bits per heavy atom. The van der Waals surface area contributed by atoms with Crippen LogP contribution in [0.3, 0.4) is 0 Å². The van der Waals surface area contributed by atoms with Crippen molar-refractivity contribution in [3.8, 4) is 0 Å². The number of aliphatic carboxylic acids is 1. The van der Waals surface area contributed by atoms with Crippen molar-refractivity contribution in [3.05, 3.63) is 64.6 Å². The van der Waals surface area contributed by atoms with Crippen molar-refractivity contribution in [2.24, 2.45) is 0 Å². The number of hydrogen-bond acceptors (Lipinski definition) is 4. The van der Waals surface area contributed by atoms with Gasteiger partial charge in [0.05, 0.1) is 0 Å². The van der Waals surface area contributed by atoms with Gasteiger partial charge in [-0.05, 0) is 47.0 Å². The third-order valence-electron chi connectivity index (χ3n) is 3.58. The fourth-order valence-corrected chi connectivity index (χ4v) is 3.00. The molecule has 1 heterocycles. The van der Waals surface area contributed by atoms with Crippen molar-refractivity contribution in [3.63, 3.8) is 0 Å². The van der Waals surface area contributed by atoms with E-state index in [9.17, 15) is 9.90 Å². The predicted octanol–water partition coefficient (Wildman–Crippen LogP) is 5.17. The molecule has 0 aliphatic heterocycles. The highest BCUT2D eigenvalue weighted by Crippen LogP contribution is 2.30. The first-order valence-corrected chi connectivity index (χ1v) is 8.43. The molecular formula is C19H17NO3S. The number of rotatable bonds is 5. The second-order valence-electron chi connectivity index (χ2n) is 5.68. The van der Waals surface area contributed by atoms with Crippen molar-refractivity contribution in [1.82, 2.24) is 4.98 Å². The summed E-state index contributed by atoms with van der Waals surface area (Å²) in [6.07, 6.45) is 1.63. The molecule has 0 bridgehead atoms. The van der Waals surface area contributed by atoms with E-state index in [1.165, 1.54) is 5.56 Å². The zero-order valence-electron chi connectivity index (χ0n) is 13.4. The number of carboxylic acid groups (broad SMARTS) is 1. The van der Waals surface area contributed by atoms with E-state index in [0.717, 1.165) is 17.3 Å². The fourth-order valence-electron chi connectivity index (χ4n) is 2.25. The van der Waals surface area contributed by atoms with Gasteiger partial charge in [-0.15, -0.1) is 0 Å². The lowest BCUT2D eigenvalue weighted by Crippen LogP contribution is -1.97. The van der Waals surface area contributed by atoms with Crippen LogP contribution in [0.1, 0.15) is 30.9 Å². The number of carbonyl (C=O) groups is 1. The standard InChI is InChI=1S/C19H17NO3S/c1-12(2)14-9-7-13(8-10-14)11-17(18(21)22)24-19-20-15-5-3-4-6-16(15)23-19/h3-12H,1-2H3,(H,21,22)/b17-11-. The van der Waals surface area contributed by atoms with Crippen LogP contribution in [0, 0.1) is 0 Å². The normalized spacial score (nSPS) is 12.0. The first-order valence-electron chi connectivity index (χ1n) is 7.61. The quantitative estimate of drug-likeness (QED) is 0.513. The number of carboxylic acids is 1. The van der Waals surface area contributed by atoms with Gasteiger partial charge in [-0.1, -0.05) is 50.2 Å². The van der Waals surface area contributed by atoms with Gasteiger partial charge in [0.2, 0.25) is 0 Å². The molecule has 0 unspecified atom stereocenters. The van der Waals surface area contributed by atoms with Crippen LogP contribution in [-0.2, 0) is 4.79 Å². The van der Waals surface area contributed by atoms with E-state index in [2.05, 4.69) is 18.8 Å². The summed E-state index contributed by atoms with van der Waals surface area (Å²) in [5.74, 6) is -0.564. The Morgan fingerprint density at radius 3 is 2.50 bits per heavy atom. The Balaban J connectivity index is 1.87. The van der Waals surface area contributed by atoms with Gasteiger partial charge in [0.25, 0.3) is 5.22 Å². The predicted molar refractivity (Wildman–Crippen MR) is 96.0 cm³/mol. The summed E-state index contributed by atoms with van der Waals surface area (Å²) in [6, 6.07) is 15.2. The molecule has 0 atom stereocenters. The van der Waals surface area contributed by atoms with Crippen molar-refractivity contribution >= 4 is 34.9 Å². The number of nitrogens with zero attached hydrogens (tertiary/aromatic N) is 1. The minimum Gasteiger partial charge on any atom is -0.477 e. The van der Waals surface area contributed by atoms with E-state index in [1.807, 2.05) is 42.5 Å². The molecule has 0 aliphatic carbocycles. The van der Waals surface area contributed by atoms with Crippen LogP contribution in [0.2, 0.25) is 0 Å². The van der Waals surface area contributed by atoms with Gasteiger partial charge in [0.1, 0.15) is 10.4 Å². The van der Waals surface area contributed by atoms with Crippen LogP contribution in [-0.4, -0.2) is 16.1 Å². The second kappa shape index (κ2) is 6.93. The molecular weight excluding hydrogens is 322 g/mol. The third-order valence-corrected chi connectivity index (χ3v) is 4.44. The van der Waals surface area contributed by atoms with Crippen LogP contribution < -0.4 is 0 Å². The van der Waals surface area contributed by atoms with Gasteiger partial charge < -0.3 is 9.52 Å². The Labute approximate surface area is 144 Å². The molecule has 5 heteroatoms. The number of oxazole rings is 1. The average molecular weight is 339 g/mol. The molecule has 24 heavy (non-hydrogen) atoms. The maximum absolute atomic E-state index is 11.5. The minimum absolute atomic E-state index is 0.166. The zero-order chi connectivity index (χ0) is 17.1. The maximum Gasteiger partial charge on any atom is 0.342 e. The minimum atomic E-state index is -1.00. The van der Waals surface area contributed by atoms with Gasteiger partial charge in [0, 0.05) is 0 Å². The molecule has 0 saturated heterocycles. The highest BCUT2D eigenvalue weighted by molar-refractivity contribution is 8.03. The van der Waals surface area contributed by atoms with Crippen LogP contribution in [0.4, 0.5) is 0 Å². The van der Waals surface area contributed by atoms with Crippen molar-refractivity contribution < 1.29 is 14.3 Å². The number of para-hydroxylation sites is 2. The van der Waals surface area contributed by atoms with Crippen LogP contribution >= 0.6 is 11.8 Å². The third kappa shape index (κ3) is 3.68. The SMILES string of the molecule is CC(C)c1ccc(/C=C(\Sc2nc3ccccc3o2)C(=O)O)cc1.